The Morgan fingerprint density at radius 1 is 1.46 bits per heavy atom. The Morgan fingerprint density at radius 3 is 3.00 bits per heavy atom. The average Bonchev–Trinajstić information content (AvgIpc) is 2.02. The molecule has 1 aromatic rings. The second-order valence-corrected chi connectivity index (χ2v) is 3.67. The van der Waals surface area contributed by atoms with Crippen molar-refractivity contribution in [1.29, 1.82) is 0 Å². The zero-order chi connectivity index (χ0) is 9.42. The van der Waals surface area contributed by atoms with E-state index in [0.29, 0.717) is 6.42 Å². The molecule has 0 spiro atoms. The first kappa shape index (κ1) is 8.30. The number of carbonyl (C=O) groups excluding carboxylic acids is 1. The van der Waals surface area contributed by atoms with Crippen LogP contribution in [0.25, 0.3) is 0 Å². The first-order chi connectivity index (χ1) is 6.16. The minimum absolute atomic E-state index is 0.130. The first-order valence-electron chi connectivity index (χ1n) is 4.55. The molecule has 13 heavy (non-hydrogen) atoms. The molecule has 0 aromatic heterocycles. The summed E-state index contributed by atoms with van der Waals surface area (Å²) in [6.45, 7) is 4.07. The molecule has 0 saturated carbocycles. The van der Waals surface area contributed by atoms with Crippen LogP contribution in [-0.4, -0.2) is 5.91 Å². The van der Waals surface area contributed by atoms with Crippen molar-refractivity contribution in [2.45, 2.75) is 26.3 Å². The number of carbonyl (C=O) groups is 1. The molecule has 0 radical (unpaired) electrons. The highest BCUT2D eigenvalue weighted by atomic mass is 16.1. The van der Waals surface area contributed by atoms with Crippen LogP contribution >= 0.6 is 0 Å². The molecule has 68 valence electrons. The minimum Gasteiger partial charge on any atom is -0.349 e. The molecular weight excluding hydrogens is 162 g/mol. The van der Waals surface area contributed by atoms with E-state index in [1.807, 2.05) is 6.92 Å². The summed E-state index contributed by atoms with van der Waals surface area (Å²) in [5, 5.41) is 2.92. The molecular formula is C11H13NO. The average molecular weight is 175 g/mol. The van der Waals surface area contributed by atoms with E-state index in [-0.39, 0.29) is 11.9 Å². The summed E-state index contributed by atoms with van der Waals surface area (Å²) in [6, 6.07) is 6.46. The Hall–Kier alpha value is -1.31. The summed E-state index contributed by atoms with van der Waals surface area (Å²) in [5.41, 5.74) is 3.65. The molecule has 0 bridgehead atoms. The highest BCUT2D eigenvalue weighted by Gasteiger charge is 2.20. The Labute approximate surface area is 78.0 Å². The summed E-state index contributed by atoms with van der Waals surface area (Å²) < 4.78 is 0. The number of hydrogen-bond acceptors (Lipinski definition) is 1. The number of amides is 1. The van der Waals surface area contributed by atoms with Crippen molar-refractivity contribution in [1.82, 2.24) is 5.32 Å². The smallest absolute Gasteiger partial charge is 0.224 e. The predicted octanol–water partition coefficient (Wildman–Crippen LogP) is 1.73. The maximum atomic E-state index is 11.2. The van der Waals surface area contributed by atoms with E-state index < -0.39 is 0 Å². The fourth-order valence-corrected chi connectivity index (χ4v) is 1.85. The van der Waals surface area contributed by atoms with Crippen LogP contribution in [0.3, 0.4) is 0 Å². The lowest BCUT2D eigenvalue weighted by atomic mass is 9.93. The van der Waals surface area contributed by atoms with E-state index in [2.05, 4.69) is 30.4 Å². The molecule has 2 heteroatoms. The fourth-order valence-electron chi connectivity index (χ4n) is 1.85. The standard InChI is InChI=1S/C11H13NO/c1-7-3-4-10-8(2)12-11(13)6-9(10)5-7/h3-5,8H,6H2,1-2H3,(H,12,13). The van der Waals surface area contributed by atoms with Gasteiger partial charge in [0, 0.05) is 0 Å². The minimum atomic E-state index is 0.130. The van der Waals surface area contributed by atoms with Gasteiger partial charge in [0.2, 0.25) is 5.91 Å². The SMILES string of the molecule is Cc1ccc2c(c1)CC(=O)NC2C. The van der Waals surface area contributed by atoms with Gasteiger partial charge in [0.25, 0.3) is 0 Å². The van der Waals surface area contributed by atoms with Crippen LogP contribution < -0.4 is 5.32 Å². The van der Waals surface area contributed by atoms with Crippen molar-refractivity contribution < 1.29 is 4.79 Å². The van der Waals surface area contributed by atoms with Crippen LogP contribution in [0, 0.1) is 6.92 Å². The second-order valence-electron chi connectivity index (χ2n) is 3.67. The molecule has 1 aliphatic heterocycles. The molecule has 1 aliphatic rings. The van der Waals surface area contributed by atoms with Crippen molar-refractivity contribution in [3.63, 3.8) is 0 Å². The number of benzene rings is 1. The predicted molar refractivity (Wildman–Crippen MR) is 51.4 cm³/mol. The molecule has 2 nitrogen and oxygen atoms in total. The van der Waals surface area contributed by atoms with E-state index in [0.717, 1.165) is 0 Å². The lowest BCUT2D eigenvalue weighted by Gasteiger charge is -2.23. The van der Waals surface area contributed by atoms with E-state index in [1.54, 1.807) is 0 Å². The van der Waals surface area contributed by atoms with Crippen molar-refractivity contribution in [2.24, 2.45) is 0 Å². The number of rotatable bonds is 0. The van der Waals surface area contributed by atoms with E-state index in [4.69, 9.17) is 0 Å². The van der Waals surface area contributed by atoms with Crippen LogP contribution in [0.5, 0.6) is 0 Å². The number of aryl methyl sites for hydroxylation is 1. The molecule has 1 heterocycles. The van der Waals surface area contributed by atoms with Gasteiger partial charge in [0.1, 0.15) is 0 Å². The summed E-state index contributed by atoms with van der Waals surface area (Å²) in [5.74, 6) is 0.130. The Balaban J connectivity index is 2.49. The van der Waals surface area contributed by atoms with Crippen molar-refractivity contribution in [2.75, 3.05) is 0 Å². The quantitative estimate of drug-likeness (QED) is 0.639. The molecule has 1 aromatic carbocycles. The molecule has 2 rings (SSSR count). The van der Waals surface area contributed by atoms with Gasteiger partial charge in [-0.2, -0.15) is 0 Å². The van der Waals surface area contributed by atoms with Crippen LogP contribution in [0.1, 0.15) is 29.7 Å². The van der Waals surface area contributed by atoms with Gasteiger partial charge < -0.3 is 5.32 Å². The lowest BCUT2D eigenvalue weighted by molar-refractivity contribution is -0.121. The summed E-state index contributed by atoms with van der Waals surface area (Å²) in [6.07, 6.45) is 0.529. The summed E-state index contributed by atoms with van der Waals surface area (Å²) >= 11 is 0. The second kappa shape index (κ2) is 2.87. The normalized spacial score (nSPS) is 20.8. The summed E-state index contributed by atoms with van der Waals surface area (Å²) in [7, 11) is 0. The lowest BCUT2D eigenvalue weighted by Crippen LogP contribution is -2.33. The Bertz CT molecular complexity index is 357. The van der Waals surface area contributed by atoms with Crippen molar-refractivity contribution in [3.8, 4) is 0 Å². The largest absolute Gasteiger partial charge is 0.349 e. The molecule has 1 unspecified atom stereocenters. The van der Waals surface area contributed by atoms with E-state index in [1.165, 1.54) is 16.7 Å². The third kappa shape index (κ3) is 1.44. The third-order valence-corrected chi connectivity index (χ3v) is 2.49. The monoisotopic (exact) mass is 175 g/mol. The van der Waals surface area contributed by atoms with Crippen molar-refractivity contribution in [3.05, 3.63) is 34.9 Å². The van der Waals surface area contributed by atoms with Gasteiger partial charge in [0.05, 0.1) is 12.5 Å². The summed E-state index contributed by atoms with van der Waals surface area (Å²) in [4.78, 5) is 11.2. The Kier molecular flexibility index (Phi) is 1.83. The molecule has 0 fully saturated rings. The maximum absolute atomic E-state index is 11.2. The first-order valence-corrected chi connectivity index (χ1v) is 4.55. The third-order valence-electron chi connectivity index (χ3n) is 2.49. The fraction of sp³-hybridized carbons (Fsp3) is 0.364. The molecule has 0 aliphatic carbocycles. The maximum Gasteiger partial charge on any atom is 0.224 e. The van der Waals surface area contributed by atoms with Gasteiger partial charge in [0.15, 0.2) is 0 Å². The van der Waals surface area contributed by atoms with Gasteiger partial charge in [-0.05, 0) is 25.0 Å². The zero-order valence-electron chi connectivity index (χ0n) is 7.92. The van der Waals surface area contributed by atoms with E-state index in [9.17, 15) is 4.79 Å². The van der Waals surface area contributed by atoms with Gasteiger partial charge in [-0.1, -0.05) is 23.8 Å². The van der Waals surface area contributed by atoms with Crippen LogP contribution in [0.15, 0.2) is 18.2 Å². The molecule has 0 saturated heterocycles. The zero-order valence-corrected chi connectivity index (χ0v) is 7.92. The topological polar surface area (TPSA) is 29.1 Å². The number of nitrogens with one attached hydrogen (secondary N) is 1. The molecule has 1 atom stereocenters. The molecule has 1 N–H and O–H groups in total. The van der Waals surface area contributed by atoms with Crippen LogP contribution in [0.2, 0.25) is 0 Å². The highest BCUT2D eigenvalue weighted by molar-refractivity contribution is 5.81. The van der Waals surface area contributed by atoms with E-state index >= 15 is 0 Å². The molecule has 1 amide bonds. The van der Waals surface area contributed by atoms with Crippen molar-refractivity contribution >= 4 is 5.91 Å². The van der Waals surface area contributed by atoms with Gasteiger partial charge in [-0.25, -0.2) is 0 Å². The van der Waals surface area contributed by atoms with Crippen LogP contribution in [-0.2, 0) is 11.2 Å². The van der Waals surface area contributed by atoms with Gasteiger partial charge in [-0.3, -0.25) is 4.79 Å². The Morgan fingerprint density at radius 2 is 2.23 bits per heavy atom. The highest BCUT2D eigenvalue weighted by Crippen LogP contribution is 2.23. The number of fused-ring (bicyclic) bond motifs is 1. The number of hydrogen-bond donors (Lipinski definition) is 1. The van der Waals surface area contributed by atoms with Crippen LogP contribution in [0.4, 0.5) is 0 Å². The van der Waals surface area contributed by atoms with Gasteiger partial charge >= 0.3 is 0 Å². The van der Waals surface area contributed by atoms with Gasteiger partial charge in [-0.15, -0.1) is 0 Å².